The summed E-state index contributed by atoms with van der Waals surface area (Å²) in [6.07, 6.45) is 3.05. The third-order valence-corrected chi connectivity index (χ3v) is 3.54. The highest BCUT2D eigenvalue weighted by Crippen LogP contribution is 2.30. The van der Waals surface area contributed by atoms with Crippen LogP contribution in [0.5, 0.6) is 11.5 Å². The van der Waals surface area contributed by atoms with Crippen LogP contribution in [0.3, 0.4) is 0 Å². The van der Waals surface area contributed by atoms with Crippen LogP contribution < -0.4 is 20.1 Å². The number of ether oxygens (including phenoxy) is 2. The molecule has 0 radical (unpaired) electrons. The Morgan fingerprint density at radius 3 is 2.57 bits per heavy atom. The molecule has 0 saturated heterocycles. The maximum atomic E-state index is 11.7. The van der Waals surface area contributed by atoms with Gasteiger partial charge in [-0.25, -0.2) is 4.79 Å². The molecule has 1 aliphatic rings. The molecule has 0 unspecified atom stereocenters. The first-order valence-electron chi connectivity index (χ1n) is 7.74. The first kappa shape index (κ1) is 15.3. The summed E-state index contributed by atoms with van der Waals surface area (Å²) in [6, 6.07) is 9.42. The largest absolute Gasteiger partial charge is 0.486 e. The number of rotatable bonds is 6. The van der Waals surface area contributed by atoms with Crippen molar-refractivity contribution in [2.75, 3.05) is 26.3 Å². The van der Waals surface area contributed by atoms with E-state index < -0.39 is 0 Å². The second-order valence-electron chi connectivity index (χ2n) is 5.24. The molecule has 6 nitrogen and oxygen atoms in total. The number of carbonyl (C=O) groups excluding carboxylic acids is 1. The van der Waals surface area contributed by atoms with Gasteiger partial charge >= 0.3 is 6.03 Å². The molecule has 2 amide bonds. The highest BCUT2D eigenvalue weighted by atomic mass is 16.6. The first-order valence-corrected chi connectivity index (χ1v) is 7.74. The van der Waals surface area contributed by atoms with E-state index in [2.05, 4.69) is 10.6 Å². The van der Waals surface area contributed by atoms with Crippen molar-refractivity contribution in [3.05, 3.63) is 47.9 Å². The Bertz CT molecular complexity index is 640. The Morgan fingerprint density at radius 1 is 1.00 bits per heavy atom. The molecule has 6 heteroatoms. The molecule has 0 bridgehead atoms. The number of nitrogens with one attached hydrogen (secondary N) is 2. The monoisotopic (exact) mass is 316 g/mol. The van der Waals surface area contributed by atoms with Crippen molar-refractivity contribution < 1.29 is 18.7 Å². The van der Waals surface area contributed by atoms with Gasteiger partial charge in [0.1, 0.15) is 19.0 Å². The smallest absolute Gasteiger partial charge is 0.314 e. The number of furan rings is 1. The summed E-state index contributed by atoms with van der Waals surface area (Å²) in [6.45, 7) is 2.27. The number of urea groups is 1. The van der Waals surface area contributed by atoms with Gasteiger partial charge in [0.25, 0.3) is 0 Å². The summed E-state index contributed by atoms with van der Waals surface area (Å²) in [5.74, 6) is 2.42. The van der Waals surface area contributed by atoms with E-state index in [1.807, 2.05) is 30.3 Å². The second kappa shape index (κ2) is 7.58. The summed E-state index contributed by atoms with van der Waals surface area (Å²) in [7, 11) is 0. The van der Waals surface area contributed by atoms with Gasteiger partial charge in [0.05, 0.1) is 6.26 Å². The molecule has 2 aromatic rings. The van der Waals surface area contributed by atoms with Gasteiger partial charge in [-0.2, -0.15) is 0 Å². The van der Waals surface area contributed by atoms with E-state index in [4.69, 9.17) is 13.9 Å². The molecule has 23 heavy (non-hydrogen) atoms. The standard InChI is InChI=1S/C17H20N2O4/c20-17(19-8-6-14-2-1-9-21-14)18-7-5-13-3-4-15-16(12-13)23-11-10-22-15/h1-4,9,12H,5-8,10-11H2,(H2,18,19,20). The van der Waals surface area contributed by atoms with E-state index in [9.17, 15) is 4.79 Å². The third kappa shape index (κ3) is 4.42. The predicted molar refractivity (Wildman–Crippen MR) is 84.9 cm³/mol. The number of fused-ring (bicyclic) bond motifs is 1. The molecule has 1 aromatic carbocycles. The summed E-state index contributed by atoms with van der Waals surface area (Å²) in [5, 5.41) is 5.64. The normalized spacial score (nSPS) is 12.7. The van der Waals surface area contributed by atoms with Crippen molar-refractivity contribution in [1.29, 1.82) is 0 Å². The lowest BCUT2D eigenvalue weighted by Crippen LogP contribution is -2.37. The number of hydrogen-bond acceptors (Lipinski definition) is 4. The SMILES string of the molecule is O=C(NCCc1ccc2c(c1)OCCO2)NCCc1ccco1. The second-order valence-corrected chi connectivity index (χ2v) is 5.24. The van der Waals surface area contributed by atoms with Gasteiger partial charge in [0.15, 0.2) is 11.5 Å². The minimum absolute atomic E-state index is 0.172. The van der Waals surface area contributed by atoms with E-state index >= 15 is 0 Å². The summed E-state index contributed by atoms with van der Waals surface area (Å²) in [4.78, 5) is 11.7. The fraction of sp³-hybridized carbons (Fsp3) is 0.353. The van der Waals surface area contributed by atoms with Crippen molar-refractivity contribution >= 4 is 6.03 Å². The van der Waals surface area contributed by atoms with Crippen LogP contribution in [-0.2, 0) is 12.8 Å². The summed E-state index contributed by atoms with van der Waals surface area (Å²) >= 11 is 0. The third-order valence-electron chi connectivity index (χ3n) is 3.54. The Balaban J connectivity index is 1.36. The molecule has 122 valence electrons. The van der Waals surface area contributed by atoms with Gasteiger partial charge in [-0.1, -0.05) is 6.07 Å². The maximum Gasteiger partial charge on any atom is 0.314 e. The van der Waals surface area contributed by atoms with Crippen LogP contribution in [0.25, 0.3) is 0 Å². The maximum absolute atomic E-state index is 11.7. The Labute approximate surface area is 134 Å². The quantitative estimate of drug-likeness (QED) is 0.856. The van der Waals surface area contributed by atoms with Gasteiger partial charge in [-0.15, -0.1) is 0 Å². The molecule has 0 fully saturated rings. The Morgan fingerprint density at radius 2 is 1.78 bits per heavy atom. The topological polar surface area (TPSA) is 72.7 Å². The number of carbonyl (C=O) groups is 1. The molecule has 0 aliphatic carbocycles. The Kier molecular flexibility index (Phi) is 5.03. The van der Waals surface area contributed by atoms with Gasteiger partial charge in [0.2, 0.25) is 0 Å². The van der Waals surface area contributed by atoms with Crippen LogP contribution in [0.15, 0.2) is 41.0 Å². The van der Waals surface area contributed by atoms with Gasteiger partial charge in [-0.3, -0.25) is 0 Å². The van der Waals surface area contributed by atoms with Gasteiger partial charge in [-0.05, 0) is 36.2 Å². The highest BCUT2D eigenvalue weighted by Gasteiger charge is 2.11. The van der Waals surface area contributed by atoms with E-state index in [0.29, 0.717) is 32.7 Å². The van der Waals surface area contributed by atoms with E-state index in [0.717, 1.165) is 29.2 Å². The first-order chi connectivity index (χ1) is 11.3. The van der Waals surface area contributed by atoms with Crippen LogP contribution in [0.2, 0.25) is 0 Å². The van der Waals surface area contributed by atoms with E-state index in [1.54, 1.807) is 6.26 Å². The van der Waals surface area contributed by atoms with Crippen LogP contribution in [0.1, 0.15) is 11.3 Å². The lowest BCUT2D eigenvalue weighted by molar-refractivity contribution is 0.171. The zero-order valence-corrected chi connectivity index (χ0v) is 12.8. The van der Waals surface area contributed by atoms with Crippen molar-refractivity contribution in [1.82, 2.24) is 10.6 Å². The van der Waals surface area contributed by atoms with Crippen LogP contribution >= 0.6 is 0 Å². The molecular weight excluding hydrogens is 296 g/mol. The predicted octanol–water partition coefficient (Wildman–Crippen LogP) is 2.14. The molecule has 3 rings (SSSR count). The summed E-state index contributed by atoms with van der Waals surface area (Å²) < 4.78 is 16.2. The van der Waals surface area contributed by atoms with Crippen molar-refractivity contribution in [3.8, 4) is 11.5 Å². The molecule has 0 atom stereocenters. The fourth-order valence-corrected chi connectivity index (χ4v) is 2.38. The van der Waals surface area contributed by atoms with E-state index in [-0.39, 0.29) is 6.03 Å². The minimum Gasteiger partial charge on any atom is -0.486 e. The summed E-state index contributed by atoms with van der Waals surface area (Å²) in [5.41, 5.74) is 1.10. The fourth-order valence-electron chi connectivity index (χ4n) is 2.38. The average molecular weight is 316 g/mol. The minimum atomic E-state index is -0.172. The van der Waals surface area contributed by atoms with Crippen LogP contribution in [0, 0.1) is 0 Å². The number of hydrogen-bond donors (Lipinski definition) is 2. The molecule has 0 saturated carbocycles. The van der Waals surface area contributed by atoms with Crippen LogP contribution in [-0.4, -0.2) is 32.3 Å². The lowest BCUT2D eigenvalue weighted by Gasteiger charge is -2.18. The average Bonchev–Trinajstić information content (AvgIpc) is 3.08. The zero-order valence-electron chi connectivity index (χ0n) is 12.8. The lowest BCUT2D eigenvalue weighted by atomic mass is 10.1. The van der Waals surface area contributed by atoms with Gasteiger partial charge in [0, 0.05) is 19.5 Å². The molecule has 2 heterocycles. The molecule has 1 aliphatic heterocycles. The molecule has 0 spiro atoms. The molecule has 1 aromatic heterocycles. The van der Waals surface area contributed by atoms with Crippen molar-refractivity contribution in [3.63, 3.8) is 0 Å². The number of amides is 2. The Hall–Kier alpha value is -2.63. The van der Waals surface area contributed by atoms with E-state index in [1.165, 1.54) is 0 Å². The highest BCUT2D eigenvalue weighted by molar-refractivity contribution is 5.73. The van der Waals surface area contributed by atoms with Crippen molar-refractivity contribution in [2.24, 2.45) is 0 Å². The van der Waals surface area contributed by atoms with Gasteiger partial charge < -0.3 is 24.5 Å². The van der Waals surface area contributed by atoms with Crippen molar-refractivity contribution in [2.45, 2.75) is 12.8 Å². The zero-order chi connectivity index (χ0) is 15.9. The van der Waals surface area contributed by atoms with Crippen LogP contribution in [0.4, 0.5) is 4.79 Å². The molecular formula is C17H20N2O4. The molecule has 2 N–H and O–H groups in total. The number of benzene rings is 1.